The summed E-state index contributed by atoms with van der Waals surface area (Å²) >= 11 is 0. The molecule has 0 aliphatic carbocycles. The highest BCUT2D eigenvalue weighted by Gasteiger charge is 2.31. The smallest absolute Gasteiger partial charge is 0.340 e. The second-order valence-electron chi connectivity index (χ2n) is 6.95. The molecule has 2 aromatic rings. The Bertz CT molecular complexity index is 893. The molecule has 7 heteroatoms. The summed E-state index contributed by atoms with van der Waals surface area (Å²) in [6.45, 7) is 8.53. The zero-order valence-electron chi connectivity index (χ0n) is 18.3. The van der Waals surface area contributed by atoms with Gasteiger partial charge in [0.1, 0.15) is 11.4 Å². The molecule has 0 bridgehead atoms. The number of carbonyl (C=O) groups excluding carboxylic acids is 3. The molecule has 0 saturated heterocycles. The summed E-state index contributed by atoms with van der Waals surface area (Å²) in [6.07, 6.45) is 1.50. The quantitative estimate of drug-likeness (QED) is 0.361. The molecule has 1 aromatic carbocycles. The van der Waals surface area contributed by atoms with Crippen molar-refractivity contribution in [3.05, 3.63) is 41.2 Å². The first-order valence-electron chi connectivity index (χ1n) is 10.3. The van der Waals surface area contributed by atoms with Crippen molar-refractivity contribution in [3.8, 4) is 16.9 Å². The summed E-state index contributed by atoms with van der Waals surface area (Å²) in [6, 6.07) is 6.98. The van der Waals surface area contributed by atoms with Gasteiger partial charge in [0.25, 0.3) is 11.7 Å². The van der Waals surface area contributed by atoms with E-state index in [1.165, 1.54) is 0 Å². The lowest BCUT2D eigenvalue weighted by molar-refractivity contribution is -0.126. The highest BCUT2D eigenvalue weighted by atomic mass is 16.5. The van der Waals surface area contributed by atoms with E-state index in [-0.39, 0.29) is 17.9 Å². The highest BCUT2D eigenvalue weighted by Crippen LogP contribution is 2.33. The lowest BCUT2D eigenvalue weighted by atomic mass is 9.98. The summed E-state index contributed by atoms with van der Waals surface area (Å²) in [5.41, 5.74) is 1.84. The number of esters is 1. The van der Waals surface area contributed by atoms with Crippen molar-refractivity contribution in [2.24, 2.45) is 0 Å². The fourth-order valence-corrected chi connectivity index (χ4v) is 3.41. The van der Waals surface area contributed by atoms with Gasteiger partial charge in [-0.05, 0) is 44.4 Å². The number of nitrogens with one attached hydrogen (secondary N) is 1. The molecule has 7 nitrogen and oxygen atoms in total. The summed E-state index contributed by atoms with van der Waals surface area (Å²) in [7, 11) is 1.56. The standard InChI is InChI=1S/C23H30N2O5/c1-6-13-25(14-7-2)22(27)21(26)20-19(16-9-11-17(29-5)12-10-16)18(15(4)24-20)23(28)30-8-3/h9-12,24H,6-8,13-14H2,1-5H3. The number of nitrogens with zero attached hydrogens (tertiary/aromatic N) is 1. The molecule has 0 fully saturated rings. The van der Waals surface area contributed by atoms with Crippen LogP contribution in [0.2, 0.25) is 0 Å². The number of hydrogen-bond donors (Lipinski definition) is 1. The molecule has 0 spiro atoms. The van der Waals surface area contributed by atoms with Gasteiger partial charge in [0.05, 0.1) is 19.3 Å². The Hall–Kier alpha value is -3.09. The third kappa shape index (κ3) is 4.90. The van der Waals surface area contributed by atoms with Crippen LogP contribution in [-0.4, -0.2) is 54.3 Å². The Kier molecular flexibility index (Phi) is 8.21. The largest absolute Gasteiger partial charge is 0.497 e. The van der Waals surface area contributed by atoms with Crippen LogP contribution in [0.5, 0.6) is 5.75 Å². The number of rotatable bonds is 10. The molecular weight excluding hydrogens is 384 g/mol. The normalized spacial score (nSPS) is 10.6. The van der Waals surface area contributed by atoms with Gasteiger partial charge in [0.15, 0.2) is 0 Å². The first-order valence-corrected chi connectivity index (χ1v) is 10.3. The predicted molar refractivity (Wildman–Crippen MR) is 115 cm³/mol. The SMILES string of the molecule is CCCN(CCC)C(=O)C(=O)c1[nH]c(C)c(C(=O)OCC)c1-c1ccc(OC)cc1. The van der Waals surface area contributed by atoms with E-state index in [1.807, 2.05) is 13.8 Å². The Labute approximate surface area is 177 Å². The number of benzene rings is 1. The van der Waals surface area contributed by atoms with Gasteiger partial charge in [0.2, 0.25) is 0 Å². The van der Waals surface area contributed by atoms with E-state index >= 15 is 0 Å². The van der Waals surface area contributed by atoms with Gasteiger partial charge in [-0.1, -0.05) is 26.0 Å². The van der Waals surface area contributed by atoms with Crippen molar-refractivity contribution in [2.45, 2.75) is 40.5 Å². The minimum absolute atomic E-state index is 0.0999. The van der Waals surface area contributed by atoms with E-state index in [1.54, 1.807) is 50.1 Å². The molecule has 1 heterocycles. The molecule has 0 unspecified atom stereocenters. The second-order valence-corrected chi connectivity index (χ2v) is 6.95. The third-order valence-corrected chi connectivity index (χ3v) is 4.74. The molecule has 1 amide bonds. The van der Waals surface area contributed by atoms with Gasteiger partial charge >= 0.3 is 5.97 Å². The summed E-state index contributed by atoms with van der Waals surface area (Å²) in [5.74, 6) is -1.14. The molecule has 1 aromatic heterocycles. The maximum absolute atomic E-state index is 13.2. The first kappa shape index (κ1) is 23.2. The monoisotopic (exact) mass is 414 g/mol. The lowest BCUT2D eigenvalue weighted by Crippen LogP contribution is -2.38. The van der Waals surface area contributed by atoms with Crippen LogP contribution < -0.4 is 4.74 Å². The molecule has 162 valence electrons. The predicted octanol–water partition coefficient (Wildman–Crippen LogP) is 4.01. The summed E-state index contributed by atoms with van der Waals surface area (Å²) in [4.78, 5) is 43.3. The highest BCUT2D eigenvalue weighted by molar-refractivity contribution is 6.43. The lowest BCUT2D eigenvalue weighted by Gasteiger charge is -2.20. The average molecular weight is 415 g/mol. The molecular formula is C23H30N2O5. The van der Waals surface area contributed by atoms with E-state index in [4.69, 9.17) is 9.47 Å². The van der Waals surface area contributed by atoms with Gasteiger partial charge in [0, 0.05) is 24.3 Å². The number of ketones is 1. The van der Waals surface area contributed by atoms with Gasteiger partial charge < -0.3 is 19.4 Å². The van der Waals surface area contributed by atoms with Crippen LogP contribution in [0.4, 0.5) is 0 Å². The molecule has 30 heavy (non-hydrogen) atoms. The van der Waals surface area contributed by atoms with E-state index in [0.29, 0.717) is 35.7 Å². The molecule has 0 atom stereocenters. The van der Waals surface area contributed by atoms with Crippen molar-refractivity contribution in [3.63, 3.8) is 0 Å². The minimum Gasteiger partial charge on any atom is -0.497 e. The van der Waals surface area contributed by atoms with E-state index in [0.717, 1.165) is 12.8 Å². The third-order valence-electron chi connectivity index (χ3n) is 4.74. The van der Waals surface area contributed by atoms with Crippen molar-refractivity contribution in [1.29, 1.82) is 0 Å². The van der Waals surface area contributed by atoms with Crippen LogP contribution in [0.25, 0.3) is 11.1 Å². The number of H-pyrrole nitrogens is 1. The number of aromatic amines is 1. The Morgan fingerprint density at radius 1 is 1.00 bits per heavy atom. The second kappa shape index (κ2) is 10.6. The summed E-state index contributed by atoms with van der Waals surface area (Å²) < 4.78 is 10.4. The first-order chi connectivity index (χ1) is 14.4. The average Bonchev–Trinajstić information content (AvgIpc) is 3.09. The molecule has 0 aliphatic heterocycles. The van der Waals surface area contributed by atoms with Crippen LogP contribution in [0.1, 0.15) is 60.2 Å². The van der Waals surface area contributed by atoms with Gasteiger partial charge in [-0.3, -0.25) is 9.59 Å². The van der Waals surface area contributed by atoms with Crippen LogP contribution in [-0.2, 0) is 9.53 Å². The van der Waals surface area contributed by atoms with Crippen molar-refractivity contribution >= 4 is 17.7 Å². The van der Waals surface area contributed by atoms with E-state index in [9.17, 15) is 14.4 Å². The maximum atomic E-state index is 13.2. The molecule has 2 rings (SSSR count). The molecule has 1 N–H and O–H groups in total. The number of carbonyl (C=O) groups is 3. The number of ether oxygens (including phenoxy) is 2. The zero-order chi connectivity index (χ0) is 22.3. The van der Waals surface area contributed by atoms with Gasteiger partial charge in [-0.15, -0.1) is 0 Å². The fraction of sp³-hybridized carbons (Fsp3) is 0.435. The topological polar surface area (TPSA) is 88.7 Å². The molecule has 0 aliphatic rings. The zero-order valence-corrected chi connectivity index (χ0v) is 18.3. The van der Waals surface area contributed by atoms with Gasteiger partial charge in [-0.2, -0.15) is 0 Å². The van der Waals surface area contributed by atoms with Crippen molar-refractivity contribution < 1.29 is 23.9 Å². The Morgan fingerprint density at radius 2 is 1.60 bits per heavy atom. The van der Waals surface area contributed by atoms with Crippen LogP contribution in [0.15, 0.2) is 24.3 Å². The molecule has 0 saturated carbocycles. The number of aromatic nitrogens is 1. The molecule has 0 radical (unpaired) electrons. The van der Waals surface area contributed by atoms with E-state index < -0.39 is 17.7 Å². The summed E-state index contributed by atoms with van der Waals surface area (Å²) in [5, 5.41) is 0. The van der Waals surface area contributed by atoms with Gasteiger partial charge in [-0.25, -0.2) is 4.79 Å². The Morgan fingerprint density at radius 3 is 2.10 bits per heavy atom. The van der Waals surface area contributed by atoms with E-state index in [2.05, 4.69) is 4.98 Å². The Balaban J connectivity index is 2.60. The minimum atomic E-state index is -0.665. The number of methoxy groups -OCH3 is 1. The number of aryl methyl sites for hydroxylation is 1. The maximum Gasteiger partial charge on any atom is 0.340 e. The number of Topliss-reactive ketones (excluding diaryl/α,β-unsaturated/α-hetero) is 1. The number of hydrogen-bond acceptors (Lipinski definition) is 5. The fourth-order valence-electron chi connectivity index (χ4n) is 3.41. The van der Waals surface area contributed by atoms with Crippen LogP contribution in [0, 0.1) is 6.92 Å². The van der Waals surface area contributed by atoms with Crippen molar-refractivity contribution in [2.75, 3.05) is 26.8 Å². The van der Waals surface area contributed by atoms with Crippen LogP contribution in [0.3, 0.4) is 0 Å². The van der Waals surface area contributed by atoms with Crippen LogP contribution >= 0.6 is 0 Å². The number of amides is 1. The van der Waals surface area contributed by atoms with Crippen molar-refractivity contribution in [1.82, 2.24) is 9.88 Å².